The molecule has 0 aromatic carbocycles. The fourth-order valence-electron chi connectivity index (χ4n) is 0. The van der Waals surface area contributed by atoms with Crippen LogP contribution in [0.3, 0.4) is 0 Å². The molecule has 0 saturated carbocycles. The number of hydrogen-bond acceptors (Lipinski definition) is 3. The molecule has 0 aliphatic heterocycles. The Bertz CT molecular complexity index is 539. The van der Waals surface area contributed by atoms with Crippen molar-refractivity contribution in [2.24, 2.45) is 4.99 Å². The first-order chi connectivity index (χ1) is 16.8. The van der Waals surface area contributed by atoms with Gasteiger partial charge in [-0.15, -0.1) is 0 Å². The molecule has 2 nitrogen and oxygen atoms in total. The Morgan fingerprint density at radius 3 is 0.683 bits per heavy atom. The van der Waals surface area contributed by atoms with E-state index in [1.165, 1.54) is 47.6 Å². The average molecular weight is 838 g/mol. The molecule has 0 saturated heterocycles. The Hall–Kier alpha value is 2.18. The van der Waals surface area contributed by atoms with Gasteiger partial charge in [0.05, 0.1) is 0 Å². The number of rotatable bonds is 0. The molecule has 0 aliphatic carbocycles. The Morgan fingerprint density at radius 1 is 0.610 bits per heavy atom. The van der Waals surface area contributed by atoms with Crippen LogP contribution in [0.25, 0.3) is 0 Å². The zero-order valence-corrected chi connectivity index (χ0v) is 42.8. The first kappa shape index (κ1) is 74.2. The topological polar surface area (TPSA) is 29.4 Å². The number of carbonyl (C=O) groups is 1. The van der Waals surface area contributed by atoms with Gasteiger partial charge in [-0.3, -0.25) is 10.6 Å². The summed E-state index contributed by atoms with van der Waals surface area (Å²) in [5.41, 5.74) is 8.09. The van der Waals surface area contributed by atoms with E-state index in [-0.39, 0.29) is 113 Å². The Kier molecular flexibility index (Phi) is 111. The van der Waals surface area contributed by atoms with Crippen LogP contribution in [0.1, 0.15) is 138 Å². The van der Waals surface area contributed by atoms with Crippen molar-refractivity contribution in [1.82, 2.24) is 0 Å². The summed E-state index contributed by atoms with van der Waals surface area (Å²) in [6.45, 7) is 46.8. The molecule has 0 N–H and O–H groups in total. The predicted octanol–water partition coefficient (Wildman–Crippen LogP) is 12.6. The van der Waals surface area contributed by atoms with Gasteiger partial charge in [0.2, 0.25) is 0 Å². The maximum absolute atomic E-state index is 9.44. The fourth-order valence-corrected chi connectivity index (χ4v) is 0. The molecule has 0 heterocycles. The third-order valence-corrected chi connectivity index (χ3v) is 2.95. The maximum Gasteiger partial charge on any atom is 0.126 e. The number of allylic oxidation sites excluding steroid dienone is 6. The number of ketones is 1. The summed E-state index contributed by atoms with van der Waals surface area (Å²) in [5, 5.41) is 0. The van der Waals surface area contributed by atoms with Gasteiger partial charge in [-0.25, -0.2) is 0 Å². The first-order valence-corrected chi connectivity index (χ1v) is 16.7. The molecule has 0 fully saturated rings. The van der Waals surface area contributed by atoms with Crippen LogP contribution >= 0.6 is 12.2 Å². The zero-order chi connectivity index (χ0) is 33.2. The van der Waals surface area contributed by atoms with Gasteiger partial charge in [-0.2, -0.15) is 27.7 Å². The molecule has 4 radical (unpaired) electrons. The normalized spacial score (nSPS) is 7.07. The standard InChI is InChI=1S/2C6H12.C5H9.C4H9N.C4H9.C3H6O.C3H6S.C3H9Si.3Y/c2*1-5(2)6(3)4;1-4-5(2)3;1-4(2)5-3;1-4(2)3;2*1-3(2)4;1-4(2)3;;;/h2*1-4H3;2*1-3H3;1-3H3;2*1-2H3;1-3H3;;;/q;;-1;;-1;;;;;;. The van der Waals surface area contributed by atoms with Gasteiger partial charge in [0.25, 0.3) is 0 Å². The van der Waals surface area contributed by atoms with Crippen LogP contribution in [0.15, 0.2) is 32.9 Å². The molecule has 0 bridgehead atoms. The van der Waals surface area contributed by atoms with E-state index in [9.17, 15) is 4.79 Å². The van der Waals surface area contributed by atoms with Crippen molar-refractivity contribution in [3.63, 3.8) is 0 Å². The summed E-state index contributed by atoms with van der Waals surface area (Å²) < 4.78 is 0. The van der Waals surface area contributed by atoms with Gasteiger partial charge < -0.3 is 16.8 Å². The van der Waals surface area contributed by atoms with Gasteiger partial charge in [0.15, 0.2) is 0 Å². The van der Waals surface area contributed by atoms with E-state index in [1.807, 2.05) is 48.5 Å². The minimum absolute atomic E-state index is 0. The van der Waals surface area contributed by atoms with E-state index in [4.69, 9.17) is 0 Å². The first-order valence-electron chi connectivity index (χ1n) is 13.3. The van der Waals surface area contributed by atoms with Gasteiger partial charge in [0, 0.05) is 120 Å². The van der Waals surface area contributed by atoms with E-state index in [0.29, 0.717) is 0 Å². The second kappa shape index (κ2) is 61.2. The second-order valence-electron chi connectivity index (χ2n) is 11.2. The molecule has 0 aromatic rings. The molecule has 0 aromatic heterocycles. The molecule has 0 rings (SSSR count). The van der Waals surface area contributed by atoms with E-state index >= 15 is 0 Å². The minimum atomic E-state index is 0. The second-order valence-corrected chi connectivity index (χ2v) is 15.1. The van der Waals surface area contributed by atoms with Crippen molar-refractivity contribution in [3.8, 4) is 0 Å². The Morgan fingerprint density at radius 2 is 0.683 bits per heavy atom. The summed E-state index contributed by atoms with van der Waals surface area (Å²) >= 11 is 4.54. The minimum Gasteiger partial charge on any atom is -0.501 e. The van der Waals surface area contributed by atoms with Crippen LogP contribution in [0.4, 0.5) is 0 Å². The van der Waals surface area contributed by atoms with Crippen molar-refractivity contribution in [2.75, 3.05) is 7.05 Å². The number of aliphatic imine (C=N–C) groups is 1. The van der Waals surface area contributed by atoms with Crippen molar-refractivity contribution >= 4 is 37.4 Å². The quantitative estimate of drug-likeness (QED) is 0.0800. The molecule has 0 amide bonds. The van der Waals surface area contributed by atoms with Crippen LogP contribution in [-0.4, -0.2) is 32.2 Å². The summed E-state index contributed by atoms with van der Waals surface area (Å²) in [5.74, 6) is 1.58. The molecule has 41 heavy (non-hydrogen) atoms. The summed E-state index contributed by atoms with van der Waals surface area (Å²) in [6.07, 6.45) is 2.94. The Labute approximate surface area is 345 Å². The van der Waals surface area contributed by atoms with E-state index < -0.39 is 0 Å². The third-order valence-electron chi connectivity index (χ3n) is 2.95. The molecule has 240 valence electrons. The van der Waals surface area contributed by atoms with Gasteiger partial charge in [-0.05, 0) is 102 Å². The molecule has 0 unspecified atom stereocenters. The maximum atomic E-state index is 9.44. The number of nitrogens with zero attached hydrogens (tertiary/aromatic N) is 1. The number of thiocarbonyl (C=S) groups is 1. The van der Waals surface area contributed by atoms with Crippen LogP contribution in [-0.2, 0) is 103 Å². The summed E-state index contributed by atoms with van der Waals surface area (Å²) in [6, 6.07) is 0. The van der Waals surface area contributed by atoms with Gasteiger partial charge in [0.1, 0.15) is 5.78 Å². The number of carbonyl (C=O) groups excluding carboxylic acids is 1. The van der Waals surface area contributed by atoms with Crippen LogP contribution in [0, 0.1) is 12.0 Å². The smallest absolute Gasteiger partial charge is 0.126 e. The Balaban J connectivity index is -0.0000000277. The van der Waals surface area contributed by atoms with Crippen molar-refractivity contribution in [1.29, 1.82) is 0 Å². The molecule has 7 heteroatoms. The molecular formula is C34H72NOSSiY3-2. The monoisotopic (exact) mass is 837 g/mol. The van der Waals surface area contributed by atoms with Crippen molar-refractivity contribution in [3.05, 3.63) is 39.9 Å². The molecule has 0 spiro atoms. The van der Waals surface area contributed by atoms with Gasteiger partial charge >= 0.3 is 0 Å². The SMILES string of the molecule is CC(C)=C(C)C.CC(C)=C(C)C.CC(C)=O.CC(C)=S.CN=C(C)C.C[C-](C)C.C[C-]=C(C)C.C[Si](C)C.[Y].[Y].[Y]. The van der Waals surface area contributed by atoms with Crippen molar-refractivity contribution in [2.45, 2.75) is 158 Å². The van der Waals surface area contributed by atoms with Crippen LogP contribution in [0.5, 0.6) is 0 Å². The molecule has 0 aliphatic rings. The summed E-state index contributed by atoms with van der Waals surface area (Å²) in [7, 11) is 1.91. The largest absolute Gasteiger partial charge is 0.501 e. The van der Waals surface area contributed by atoms with Crippen LogP contribution in [0.2, 0.25) is 19.6 Å². The zero-order valence-electron chi connectivity index (χ0n) is 32.5. The molecular weight excluding hydrogens is 765 g/mol. The summed E-state index contributed by atoms with van der Waals surface area (Å²) in [4.78, 5) is 14.2. The average Bonchev–Trinajstić information content (AvgIpc) is 2.67. The number of hydrogen-bond donors (Lipinski definition) is 0. The fraction of sp³-hybridized carbons (Fsp3) is 0.706. The number of Topliss-reactive ketones (excluding diaryl/α,β-unsaturated/α-hetero) is 1. The van der Waals surface area contributed by atoms with E-state index in [2.05, 4.69) is 119 Å². The van der Waals surface area contributed by atoms with E-state index in [1.54, 1.807) is 7.05 Å². The van der Waals surface area contributed by atoms with Gasteiger partial charge in [-0.1, -0.05) is 68.0 Å². The van der Waals surface area contributed by atoms with Crippen molar-refractivity contribution < 1.29 is 103 Å². The predicted molar refractivity (Wildman–Crippen MR) is 192 cm³/mol. The van der Waals surface area contributed by atoms with Crippen LogP contribution < -0.4 is 0 Å². The molecule has 0 atom stereocenters. The van der Waals surface area contributed by atoms with E-state index in [0.717, 1.165) is 10.6 Å². The third kappa shape index (κ3) is 339.